The monoisotopic (exact) mass is 442 g/mol. The molecule has 0 fully saturated rings. The molecule has 24 heavy (non-hydrogen) atoms. The Morgan fingerprint density at radius 2 is 1.92 bits per heavy atom. The van der Waals surface area contributed by atoms with Gasteiger partial charge in [0.15, 0.2) is 5.96 Å². The number of aromatic nitrogens is 1. The summed E-state index contributed by atoms with van der Waals surface area (Å²) in [5.74, 6) is 2.34. The molecule has 0 saturated carbocycles. The van der Waals surface area contributed by atoms with Crippen LogP contribution < -0.4 is 20.1 Å². The summed E-state index contributed by atoms with van der Waals surface area (Å²) in [6.07, 6.45) is 3.41. The van der Waals surface area contributed by atoms with E-state index in [1.54, 1.807) is 26.6 Å². The van der Waals surface area contributed by atoms with Gasteiger partial charge in [0.2, 0.25) is 0 Å². The van der Waals surface area contributed by atoms with Crippen LogP contribution >= 0.6 is 24.0 Å². The first kappa shape index (κ1) is 20.0. The van der Waals surface area contributed by atoms with Crippen molar-refractivity contribution >= 4 is 29.9 Å². The minimum atomic E-state index is 0. The highest BCUT2D eigenvalue weighted by atomic mass is 127. The maximum absolute atomic E-state index is 5.57. The third kappa shape index (κ3) is 7.03. The molecular formula is C17H23IN4O2. The predicted octanol–water partition coefficient (Wildman–Crippen LogP) is 2.45. The number of guanidine groups is 1. The van der Waals surface area contributed by atoms with E-state index in [1.807, 2.05) is 36.4 Å². The first-order valence-corrected chi connectivity index (χ1v) is 7.42. The van der Waals surface area contributed by atoms with Crippen molar-refractivity contribution in [3.63, 3.8) is 0 Å². The van der Waals surface area contributed by atoms with Crippen LogP contribution in [0, 0.1) is 0 Å². The lowest BCUT2D eigenvalue weighted by Crippen LogP contribution is -2.38. The Morgan fingerprint density at radius 1 is 1.12 bits per heavy atom. The normalized spacial score (nSPS) is 10.5. The van der Waals surface area contributed by atoms with E-state index in [0.717, 1.165) is 23.0 Å². The first-order valence-electron chi connectivity index (χ1n) is 7.42. The van der Waals surface area contributed by atoms with Crippen LogP contribution in [0.4, 0.5) is 0 Å². The molecule has 2 rings (SSSR count). The molecule has 0 aliphatic heterocycles. The molecule has 7 heteroatoms. The molecule has 0 unspecified atom stereocenters. The van der Waals surface area contributed by atoms with Crippen molar-refractivity contribution in [2.24, 2.45) is 4.99 Å². The van der Waals surface area contributed by atoms with Gasteiger partial charge < -0.3 is 20.1 Å². The fraction of sp³-hybridized carbons (Fsp3) is 0.294. The Hall–Kier alpha value is -2.03. The number of nitrogens with zero attached hydrogens (tertiary/aromatic N) is 2. The predicted molar refractivity (Wildman–Crippen MR) is 106 cm³/mol. The maximum atomic E-state index is 5.57. The van der Waals surface area contributed by atoms with Crippen molar-refractivity contribution < 1.29 is 9.47 Å². The topological polar surface area (TPSA) is 67.8 Å². The minimum Gasteiger partial charge on any atom is -0.497 e. The Bertz CT molecular complexity index is 606. The van der Waals surface area contributed by atoms with Crippen molar-refractivity contribution in [1.82, 2.24) is 15.6 Å². The lowest BCUT2D eigenvalue weighted by Gasteiger charge is -2.12. The van der Waals surface area contributed by atoms with Crippen LogP contribution in [0.25, 0.3) is 0 Å². The SMILES string of the molecule is CN=C(NCCOc1cccnc1)NCc1ccc(OC)cc1.I. The molecule has 0 spiro atoms. The van der Waals surface area contributed by atoms with Crippen molar-refractivity contribution in [3.8, 4) is 11.5 Å². The summed E-state index contributed by atoms with van der Waals surface area (Å²) in [5.41, 5.74) is 1.15. The molecule has 0 saturated heterocycles. The summed E-state index contributed by atoms with van der Waals surface area (Å²) in [6, 6.07) is 11.6. The smallest absolute Gasteiger partial charge is 0.191 e. The highest BCUT2D eigenvalue weighted by Crippen LogP contribution is 2.10. The summed E-state index contributed by atoms with van der Waals surface area (Å²) in [7, 11) is 3.40. The number of halogens is 1. The number of benzene rings is 1. The second kappa shape index (κ2) is 11.5. The molecule has 0 bridgehead atoms. The number of methoxy groups -OCH3 is 1. The highest BCUT2D eigenvalue weighted by Gasteiger charge is 1.99. The van der Waals surface area contributed by atoms with Gasteiger partial charge in [-0.1, -0.05) is 12.1 Å². The van der Waals surface area contributed by atoms with Gasteiger partial charge >= 0.3 is 0 Å². The highest BCUT2D eigenvalue weighted by molar-refractivity contribution is 14.0. The number of hydrogen-bond acceptors (Lipinski definition) is 4. The van der Waals surface area contributed by atoms with Gasteiger partial charge in [-0.15, -0.1) is 24.0 Å². The Balaban J connectivity index is 0.00000288. The van der Waals surface area contributed by atoms with Crippen LogP contribution in [-0.4, -0.2) is 38.3 Å². The lowest BCUT2D eigenvalue weighted by atomic mass is 10.2. The number of pyridine rings is 1. The van der Waals surface area contributed by atoms with Crippen molar-refractivity contribution in [3.05, 3.63) is 54.4 Å². The third-order valence-electron chi connectivity index (χ3n) is 3.14. The standard InChI is InChI=1S/C17H22N4O2.HI/c1-18-17(20-10-11-23-16-4-3-9-19-13-16)21-12-14-5-7-15(22-2)8-6-14;/h3-9,13H,10-12H2,1-2H3,(H2,18,20,21);1H. The fourth-order valence-corrected chi connectivity index (χ4v) is 1.92. The molecule has 1 heterocycles. The average Bonchev–Trinajstić information content (AvgIpc) is 2.62. The van der Waals surface area contributed by atoms with Gasteiger partial charge in [-0.2, -0.15) is 0 Å². The van der Waals surface area contributed by atoms with Crippen LogP contribution in [0.15, 0.2) is 53.8 Å². The molecule has 6 nitrogen and oxygen atoms in total. The van der Waals surface area contributed by atoms with E-state index in [0.29, 0.717) is 19.7 Å². The van der Waals surface area contributed by atoms with Crippen molar-refractivity contribution in [1.29, 1.82) is 0 Å². The van der Waals surface area contributed by atoms with Gasteiger partial charge in [0, 0.05) is 19.8 Å². The zero-order chi connectivity index (χ0) is 16.3. The van der Waals surface area contributed by atoms with Crippen LogP contribution in [-0.2, 0) is 6.54 Å². The van der Waals surface area contributed by atoms with Gasteiger partial charge in [-0.25, -0.2) is 0 Å². The average molecular weight is 442 g/mol. The molecule has 0 aliphatic carbocycles. The zero-order valence-corrected chi connectivity index (χ0v) is 16.2. The number of hydrogen-bond donors (Lipinski definition) is 2. The quantitative estimate of drug-likeness (QED) is 0.299. The summed E-state index contributed by atoms with van der Waals surface area (Å²) < 4.78 is 10.7. The summed E-state index contributed by atoms with van der Waals surface area (Å²) in [6.45, 7) is 1.87. The fourth-order valence-electron chi connectivity index (χ4n) is 1.92. The zero-order valence-electron chi connectivity index (χ0n) is 13.9. The van der Waals surface area contributed by atoms with Gasteiger partial charge in [-0.05, 0) is 29.8 Å². The minimum absolute atomic E-state index is 0. The van der Waals surface area contributed by atoms with Crippen LogP contribution in [0.1, 0.15) is 5.56 Å². The van der Waals surface area contributed by atoms with Gasteiger partial charge in [0.05, 0.1) is 19.9 Å². The van der Waals surface area contributed by atoms with Crippen LogP contribution in [0.5, 0.6) is 11.5 Å². The number of ether oxygens (including phenoxy) is 2. The summed E-state index contributed by atoms with van der Waals surface area (Å²) in [5, 5.41) is 6.45. The lowest BCUT2D eigenvalue weighted by molar-refractivity contribution is 0.320. The van der Waals surface area contributed by atoms with E-state index in [9.17, 15) is 0 Å². The summed E-state index contributed by atoms with van der Waals surface area (Å²) in [4.78, 5) is 8.18. The molecular weight excluding hydrogens is 419 g/mol. The van der Waals surface area contributed by atoms with E-state index in [2.05, 4.69) is 20.6 Å². The second-order valence-electron chi connectivity index (χ2n) is 4.74. The summed E-state index contributed by atoms with van der Waals surface area (Å²) >= 11 is 0. The van der Waals surface area contributed by atoms with Gasteiger partial charge in [-0.3, -0.25) is 9.98 Å². The molecule has 130 valence electrons. The second-order valence-corrected chi connectivity index (χ2v) is 4.74. The van der Waals surface area contributed by atoms with E-state index < -0.39 is 0 Å². The van der Waals surface area contributed by atoms with Gasteiger partial charge in [0.1, 0.15) is 18.1 Å². The van der Waals surface area contributed by atoms with Crippen LogP contribution in [0.3, 0.4) is 0 Å². The Morgan fingerprint density at radius 3 is 2.54 bits per heavy atom. The van der Waals surface area contributed by atoms with E-state index in [-0.39, 0.29) is 24.0 Å². The number of aliphatic imine (C=N–C) groups is 1. The number of rotatable bonds is 7. The Kier molecular flexibility index (Phi) is 9.59. The molecule has 1 aromatic heterocycles. The largest absolute Gasteiger partial charge is 0.497 e. The third-order valence-corrected chi connectivity index (χ3v) is 3.14. The van der Waals surface area contributed by atoms with E-state index in [4.69, 9.17) is 9.47 Å². The Labute approximate surface area is 159 Å². The van der Waals surface area contributed by atoms with Crippen LogP contribution in [0.2, 0.25) is 0 Å². The first-order chi connectivity index (χ1) is 11.3. The molecule has 2 aromatic rings. The molecule has 0 atom stereocenters. The maximum Gasteiger partial charge on any atom is 0.191 e. The molecule has 0 aliphatic rings. The number of nitrogens with one attached hydrogen (secondary N) is 2. The van der Waals surface area contributed by atoms with E-state index >= 15 is 0 Å². The molecule has 0 radical (unpaired) electrons. The van der Waals surface area contributed by atoms with E-state index in [1.165, 1.54) is 0 Å². The van der Waals surface area contributed by atoms with Crippen molar-refractivity contribution in [2.45, 2.75) is 6.54 Å². The van der Waals surface area contributed by atoms with Gasteiger partial charge in [0.25, 0.3) is 0 Å². The molecule has 1 aromatic carbocycles. The molecule has 0 amide bonds. The molecule has 2 N–H and O–H groups in total. The van der Waals surface area contributed by atoms with Crippen molar-refractivity contribution in [2.75, 3.05) is 27.3 Å².